The molecule has 3 heterocycles. The number of benzene rings is 1. The largest absolute Gasteiger partial charge is 0.619 e. The van der Waals surface area contributed by atoms with Crippen molar-refractivity contribution in [2.75, 3.05) is 0 Å². The molecule has 0 fully saturated rings. The van der Waals surface area contributed by atoms with Gasteiger partial charge in [-0.3, -0.25) is 14.6 Å². The number of pyridine rings is 2. The molecule has 8 heteroatoms. The van der Waals surface area contributed by atoms with E-state index in [0.29, 0.717) is 32.5 Å². The first-order valence-corrected chi connectivity index (χ1v) is 8.47. The molecule has 28 heavy (non-hydrogen) atoms. The minimum Gasteiger partial charge on any atom is -0.619 e. The van der Waals surface area contributed by atoms with E-state index >= 15 is 0 Å². The second-order valence-electron chi connectivity index (χ2n) is 6.22. The topological polar surface area (TPSA) is 118 Å². The van der Waals surface area contributed by atoms with Crippen LogP contribution in [0.3, 0.4) is 0 Å². The van der Waals surface area contributed by atoms with Crippen LogP contribution in [0.2, 0.25) is 0 Å². The zero-order chi connectivity index (χ0) is 19.7. The van der Waals surface area contributed by atoms with Crippen molar-refractivity contribution < 1.29 is 9.52 Å². The monoisotopic (exact) mass is 373 g/mol. The standard InChI is InChI=1S/C20H15N5O3/c21-19(26)15-5-3-14(4-6-15)17-18-16(2-1-9-22-18)20(27)25(23-17)12-13-7-10-24(28)11-8-13/h1-11H,12H2,(H2,21,26). The van der Waals surface area contributed by atoms with Gasteiger partial charge in [-0.2, -0.15) is 9.83 Å². The number of nitrogens with two attached hydrogens (primary N) is 1. The Bertz CT molecular complexity index is 1230. The summed E-state index contributed by atoms with van der Waals surface area (Å²) in [4.78, 5) is 28.5. The number of fused-ring (bicyclic) bond motifs is 1. The molecule has 1 amide bonds. The highest BCUT2D eigenvalue weighted by atomic mass is 16.5. The van der Waals surface area contributed by atoms with Crippen molar-refractivity contribution in [3.63, 3.8) is 0 Å². The van der Waals surface area contributed by atoms with Gasteiger partial charge in [0.1, 0.15) is 11.2 Å². The number of hydrogen-bond acceptors (Lipinski definition) is 5. The molecule has 4 aromatic rings. The molecule has 4 rings (SSSR count). The molecule has 0 radical (unpaired) electrons. The van der Waals surface area contributed by atoms with E-state index in [9.17, 15) is 14.8 Å². The number of primary amides is 1. The van der Waals surface area contributed by atoms with E-state index in [1.165, 1.54) is 17.1 Å². The lowest BCUT2D eigenvalue weighted by molar-refractivity contribution is -0.605. The van der Waals surface area contributed by atoms with Crippen LogP contribution >= 0.6 is 0 Å². The van der Waals surface area contributed by atoms with Gasteiger partial charge in [0.2, 0.25) is 5.91 Å². The maximum atomic E-state index is 12.9. The summed E-state index contributed by atoms with van der Waals surface area (Å²) >= 11 is 0. The highest BCUT2D eigenvalue weighted by Crippen LogP contribution is 2.23. The molecular weight excluding hydrogens is 358 g/mol. The van der Waals surface area contributed by atoms with Gasteiger partial charge in [-0.1, -0.05) is 12.1 Å². The molecule has 138 valence electrons. The number of aromatic nitrogens is 4. The van der Waals surface area contributed by atoms with E-state index in [-0.39, 0.29) is 12.1 Å². The highest BCUT2D eigenvalue weighted by molar-refractivity contribution is 5.94. The van der Waals surface area contributed by atoms with Crippen molar-refractivity contribution in [1.82, 2.24) is 14.8 Å². The number of nitrogens with zero attached hydrogens (tertiary/aromatic N) is 4. The Morgan fingerprint density at radius 1 is 1.11 bits per heavy atom. The van der Waals surface area contributed by atoms with Crippen LogP contribution in [0.1, 0.15) is 15.9 Å². The molecule has 0 saturated heterocycles. The Hall–Kier alpha value is -4.07. The number of amides is 1. The summed E-state index contributed by atoms with van der Waals surface area (Å²) in [6.07, 6.45) is 4.33. The van der Waals surface area contributed by atoms with Crippen LogP contribution in [0.15, 0.2) is 71.9 Å². The molecule has 3 aromatic heterocycles. The Labute approximate surface area is 159 Å². The van der Waals surface area contributed by atoms with Crippen LogP contribution in [-0.2, 0) is 6.54 Å². The normalized spacial score (nSPS) is 10.9. The van der Waals surface area contributed by atoms with Gasteiger partial charge in [0.05, 0.1) is 11.9 Å². The molecule has 8 nitrogen and oxygen atoms in total. The number of rotatable bonds is 4. The van der Waals surface area contributed by atoms with Crippen LogP contribution in [-0.4, -0.2) is 20.7 Å². The lowest BCUT2D eigenvalue weighted by Crippen LogP contribution is -2.27. The predicted octanol–water partition coefficient (Wildman–Crippen LogP) is 1.24. The summed E-state index contributed by atoms with van der Waals surface area (Å²) in [6.45, 7) is 0.205. The summed E-state index contributed by atoms with van der Waals surface area (Å²) in [7, 11) is 0. The quantitative estimate of drug-likeness (QED) is 0.426. The van der Waals surface area contributed by atoms with Crippen LogP contribution in [0.5, 0.6) is 0 Å². The number of carbonyl (C=O) groups excluding carboxylic acids is 1. The van der Waals surface area contributed by atoms with Gasteiger partial charge >= 0.3 is 0 Å². The molecule has 0 saturated carbocycles. The Balaban J connectivity index is 1.87. The molecule has 2 N–H and O–H groups in total. The van der Waals surface area contributed by atoms with Crippen molar-refractivity contribution >= 4 is 16.8 Å². The zero-order valence-electron chi connectivity index (χ0n) is 14.6. The second kappa shape index (κ2) is 6.92. The van der Waals surface area contributed by atoms with Crippen LogP contribution in [0.4, 0.5) is 0 Å². The fourth-order valence-corrected chi connectivity index (χ4v) is 2.94. The van der Waals surface area contributed by atoms with Crippen molar-refractivity contribution in [3.8, 4) is 11.3 Å². The van der Waals surface area contributed by atoms with Gasteiger partial charge in [-0.05, 0) is 29.8 Å². The Morgan fingerprint density at radius 3 is 2.50 bits per heavy atom. The van der Waals surface area contributed by atoms with E-state index in [1.807, 2.05) is 0 Å². The zero-order valence-corrected chi connectivity index (χ0v) is 14.6. The van der Waals surface area contributed by atoms with E-state index in [2.05, 4.69) is 10.1 Å². The molecule has 1 aromatic carbocycles. The van der Waals surface area contributed by atoms with Gasteiger partial charge in [-0.25, -0.2) is 4.68 Å². The van der Waals surface area contributed by atoms with Crippen LogP contribution in [0, 0.1) is 5.21 Å². The lowest BCUT2D eigenvalue weighted by Gasteiger charge is -2.11. The van der Waals surface area contributed by atoms with Crippen molar-refractivity contribution in [1.29, 1.82) is 0 Å². The fraction of sp³-hybridized carbons (Fsp3) is 0.0500. The SMILES string of the molecule is NC(=O)c1ccc(-c2nn(Cc3cc[n+]([O-])cc3)c(=O)c3cccnc23)cc1. The average Bonchev–Trinajstić information content (AvgIpc) is 2.72. The van der Waals surface area contributed by atoms with Crippen molar-refractivity contribution in [2.24, 2.45) is 5.73 Å². The first-order valence-electron chi connectivity index (χ1n) is 8.47. The van der Waals surface area contributed by atoms with Gasteiger partial charge in [0.25, 0.3) is 5.56 Å². The van der Waals surface area contributed by atoms with Crippen LogP contribution in [0.25, 0.3) is 22.2 Å². The molecule has 0 atom stereocenters. The first-order chi connectivity index (χ1) is 13.5. The predicted molar refractivity (Wildman–Crippen MR) is 102 cm³/mol. The third-order valence-corrected chi connectivity index (χ3v) is 4.36. The third kappa shape index (κ3) is 3.18. The first kappa shape index (κ1) is 17.3. The van der Waals surface area contributed by atoms with E-state index in [1.54, 1.807) is 54.7 Å². The molecule has 0 aliphatic rings. The number of carbonyl (C=O) groups is 1. The average molecular weight is 373 g/mol. The van der Waals surface area contributed by atoms with Gasteiger partial charge in [0.15, 0.2) is 12.4 Å². The molecule has 0 bridgehead atoms. The van der Waals surface area contributed by atoms with Crippen molar-refractivity contribution in [3.05, 3.63) is 93.8 Å². The van der Waals surface area contributed by atoms with E-state index in [4.69, 9.17) is 5.73 Å². The second-order valence-corrected chi connectivity index (χ2v) is 6.22. The van der Waals surface area contributed by atoms with Gasteiger partial charge in [0, 0.05) is 29.5 Å². The summed E-state index contributed by atoms with van der Waals surface area (Å²) in [6, 6.07) is 13.3. The summed E-state index contributed by atoms with van der Waals surface area (Å²) in [5.74, 6) is -0.521. The molecule has 0 aliphatic heterocycles. The molecule has 0 unspecified atom stereocenters. The smallest absolute Gasteiger partial charge is 0.276 e. The molecular formula is C20H15N5O3. The van der Waals surface area contributed by atoms with Crippen LogP contribution < -0.4 is 16.0 Å². The Kier molecular flexibility index (Phi) is 4.29. The molecule has 0 aliphatic carbocycles. The Morgan fingerprint density at radius 2 is 1.82 bits per heavy atom. The summed E-state index contributed by atoms with van der Waals surface area (Å²) < 4.78 is 2.02. The number of hydrogen-bond donors (Lipinski definition) is 1. The van der Waals surface area contributed by atoms with E-state index < -0.39 is 5.91 Å². The minimum absolute atomic E-state index is 0.205. The maximum absolute atomic E-state index is 12.9. The summed E-state index contributed by atoms with van der Waals surface area (Å²) in [5, 5.41) is 16.2. The third-order valence-electron chi connectivity index (χ3n) is 4.36. The maximum Gasteiger partial charge on any atom is 0.276 e. The highest BCUT2D eigenvalue weighted by Gasteiger charge is 2.14. The lowest BCUT2D eigenvalue weighted by atomic mass is 10.1. The molecule has 0 spiro atoms. The van der Waals surface area contributed by atoms with Gasteiger partial charge < -0.3 is 10.9 Å². The van der Waals surface area contributed by atoms with Gasteiger partial charge in [-0.15, -0.1) is 0 Å². The fourth-order valence-electron chi connectivity index (χ4n) is 2.94. The minimum atomic E-state index is -0.521. The van der Waals surface area contributed by atoms with E-state index in [0.717, 1.165) is 5.56 Å². The summed E-state index contributed by atoms with van der Waals surface area (Å²) in [5.41, 5.74) is 7.85. The van der Waals surface area contributed by atoms with Crippen molar-refractivity contribution in [2.45, 2.75) is 6.54 Å².